The third-order valence-electron chi connectivity index (χ3n) is 3.46. The molecular weight excluding hydrogens is 330 g/mol. The Morgan fingerprint density at radius 3 is 2.46 bits per heavy atom. The second-order valence-electron chi connectivity index (χ2n) is 5.72. The highest BCUT2D eigenvalue weighted by molar-refractivity contribution is 5.95. The van der Waals surface area contributed by atoms with Crippen molar-refractivity contribution < 1.29 is 14.3 Å². The highest BCUT2D eigenvalue weighted by Crippen LogP contribution is 2.24. The number of ether oxygens (including phenoxy) is 2. The molecule has 0 atom stereocenters. The summed E-state index contributed by atoms with van der Waals surface area (Å²) in [6.45, 7) is 5.34. The quantitative estimate of drug-likeness (QED) is 0.409. The molecule has 0 heterocycles. The molecule has 0 aliphatic carbocycles. The average molecular weight is 355 g/mol. The number of benzene rings is 2. The van der Waals surface area contributed by atoms with E-state index in [1.54, 1.807) is 30.5 Å². The lowest BCUT2D eigenvalue weighted by atomic mass is 10.2. The molecule has 6 nitrogen and oxygen atoms in total. The fourth-order valence-corrected chi connectivity index (χ4v) is 2.13. The maximum Gasteiger partial charge on any atom is 0.271 e. The van der Waals surface area contributed by atoms with Crippen molar-refractivity contribution in [2.24, 2.45) is 5.10 Å². The Morgan fingerprint density at radius 1 is 1.08 bits per heavy atom. The fraction of sp³-hybridized carbons (Fsp3) is 0.300. The number of hydrogen-bond acceptors (Lipinski definition) is 5. The van der Waals surface area contributed by atoms with Crippen molar-refractivity contribution in [1.29, 1.82) is 0 Å². The number of carbonyl (C=O) groups is 1. The molecule has 0 unspecified atom stereocenters. The van der Waals surface area contributed by atoms with Gasteiger partial charge in [0.1, 0.15) is 11.5 Å². The predicted molar refractivity (Wildman–Crippen MR) is 104 cm³/mol. The van der Waals surface area contributed by atoms with Gasteiger partial charge in [-0.15, -0.1) is 0 Å². The predicted octanol–water partition coefficient (Wildman–Crippen LogP) is 3.61. The molecule has 0 aliphatic rings. The molecule has 0 bridgehead atoms. The first-order chi connectivity index (χ1) is 12.6. The zero-order valence-corrected chi connectivity index (χ0v) is 15.2. The zero-order chi connectivity index (χ0) is 18.8. The molecule has 0 spiro atoms. The van der Waals surface area contributed by atoms with Gasteiger partial charge < -0.3 is 15.2 Å². The third-order valence-corrected chi connectivity index (χ3v) is 3.46. The number of hydrogen-bond donors (Lipinski definition) is 2. The van der Waals surface area contributed by atoms with Gasteiger partial charge in [-0.05, 0) is 49.2 Å². The summed E-state index contributed by atoms with van der Waals surface area (Å²) in [5, 5.41) is 4.02. The van der Waals surface area contributed by atoms with Gasteiger partial charge >= 0.3 is 0 Å². The van der Waals surface area contributed by atoms with Crippen molar-refractivity contribution in [1.82, 2.24) is 5.43 Å². The Balaban J connectivity index is 2.06. The van der Waals surface area contributed by atoms with Gasteiger partial charge in [0, 0.05) is 22.9 Å². The van der Waals surface area contributed by atoms with Crippen LogP contribution in [0.5, 0.6) is 11.5 Å². The van der Waals surface area contributed by atoms with Gasteiger partial charge in [-0.2, -0.15) is 5.10 Å². The van der Waals surface area contributed by atoms with Gasteiger partial charge in [0.05, 0.1) is 19.4 Å². The molecule has 2 aromatic carbocycles. The molecule has 1 amide bonds. The Bertz CT molecular complexity index is 742. The van der Waals surface area contributed by atoms with Gasteiger partial charge in [-0.1, -0.05) is 13.8 Å². The van der Waals surface area contributed by atoms with Crippen LogP contribution in [-0.4, -0.2) is 25.3 Å². The molecule has 0 saturated heterocycles. The zero-order valence-electron chi connectivity index (χ0n) is 15.2. The van der Waals surface area contributed by atoms with Crippen molar-refractivity contribution >= 4 is 17.8 Å². The van der Waals surface area contributed by atoms with E-state index in [1.165, 1.54) is 0 Å². The molecule has 0 aliphatic heterocycles. The minimum absolute atomic E-state index is 0.305. The summed E-state index contributed by atoms with van der Waals surface area (Å²) < 4.78 is 11.4. The Labute approximate surface area is 154 Å². The third kappa shape index (κ3) is 5.81. The number of rotatable bonds is 9. The Morgan fingerprint density at radius 2 is 1.77 bits per heavy atom. The summed E-state index contributed by atoms with van der Waals surface area (Å²) in [6.07, 6.45) is 3.39. The van der Waals surface area contributed by atoms with E-state index in [9.17, 15) is 4.79 Å². The molecule has 26 heavy (non-hydrogen) atoms. The molecule has 0 radical (unpaired) electrons. The summed E-state index contributed by atoms with van der Waals surface area (Å²) in [5.74, 6) is 1.12. The number of nitrogens with zero attached hydrogens (tertiary/aromatic N) is 1. The van der Waals surface area contributed by atoms with Crippen LogP contribution in [-0.2, 0) is 0 Å². The van der Waals surface area contributed by atoms with Crippen molar-refractivity contribution in [2.45, 2.75) is 26.7 Å². The van der Waals surface area contributed by atoms with E-state index in [0.29, 0.717) is 30.2 Å². The molecule has 6 heteroatoms. The Kier molecular flexibility index (Phi) is 7.49. The number of carbonyl (C=O) groups excluding carboxylic acids is 1. The first kappa shape index (κ1) is 19.3. The second kappa shape index (κ2) is 10.1. The van der Waals surface area contributed by atoms with E-state index in [-0.39, 0.29) is 5.91 Å². The number of nitrogens with two attached hydrogens (primary N) is 1. The molecule has 0 fully saturated rings. The molecule has 2 aromatic rings. The smallest absolute Gasteiger partial charge is 0.271 e. The monoisotopic (exact) mass is 355 g/mol. The topological polar surface area (TPSA) is 85.9 Å². The maximum absolute atomic E-state index is 12.1. The lowest BCUT2D eigenvalue weighted by Crippen LogP contribution is -2.17. The van der Waals surface area contributed by atoms with E-state index >= 15 is 0 Å². The van der Waals surface area contributed by atoms with Crippen molar-refractivity contribution in [2.75, 3.05) is 18.9 Å². The number of anilines is 1. The average Bonchev–Trinajstić information content (AvgIpc) is 2.66. The number of hydrazone groups is 1. The summed E-state index contributed by atoms with van der Waals surface area (Å²) in [4.78, 5) is 12.1. The summed E-state index contributed by atoms with van der Waals surface area (Å²) in [6, 6.07) is 12.2. The highest BCUT2D eigenvalue weighted by atomic mass is 16.5. The molecule has 0 saturated carbocycles. The van der Waals surface area contributed by atoms with Crippen LogP contribution in [0.25, 0.3) is 0 Å². The number of nitrogens with one attached hydrogen (secondary N) is 1. The van der Waals surface area contributed by atoms with Crippen LogP contribution in [0.1, 0.15) is 42.6 Å². The van der Waals surface area contributed by atoms with Crippen LogP contribution < -0.4 is 20.6 Å². The van der Waals surface area contributed by atoms with Crippen LogP contribution in [0, 0.1) is 0 Å². The lowest BCUT2D eigenvalue weighted by molar-refractivity contribution is 0.0955. The largest absolute Gasteiger partial charge is 0.493 e. The van der Waals surface area contributed by atoms with Crippen molar-refractivity contribution in [3.8, 4) is 11.5 Å². The maximum atomic E-state index is 12.1. The van der Waals surface area contributed by atoms with E-state index in [1.807, 2.05) is 25.1 Å². The molecule has 138 valence electrons. The van der Waals surface area contributed by atoms with Crippen LogP contribution in [0.2, 0.25) is 0 Å². The first-order valence-electron chi connectivity index (χ1n) is 8.72. The van der Waals surface area contributed by atoms with Gasteiger partial charge in [-0.3, -0.25) is 4.79 Å². The number of nitrogen functional groups attached to an aromatic ring is 1. The standard InChI is InChI=1S/C20H25N3O3/c1-3-11-25-18-10-7-16(19(13-18)26-12-4-2)14-22-23-20(24)15-5-8-17(21)9-6-15/h5-10,13-14H,3-4,11-12,21H2,1-2H3,(H,23,24)/b22-14+. The van der Waals surface area contributed by atoms with Gasteiger partial charge in [0.25, 0.3) is 5.91 Å². The minimum Gasteiger partial charge on any atom is -0.493 e. The molecule has 2 rings (SSSR count). The summed E-state index contributed by atoms with van der Waals surface area (Å²) in [7, 11) is 0. The highest BCUT2D eigenvalue weighted by Gasteiger charge is 2.06. The molecular formula is C20H25N3O3. The molecule has 3 N–H and O–H groups in total. The minimum atomic E-state index is -0.305. The SMILES string of the molecule is CCCOc1ccc(/C=N/NC(=O)c2ccc(N)cc2)c(OCCC)c1. The van der Waals surface area contributed by atoms with E-state index in [2.05, 4.69) is 17.5 Å². The van der Waals surface area contributed by atoms with Crippen LogP contribution in [0.3, 0.4) is 0 Å². The van der Waals surface area contributed by atoms with E-state index in [4.69, 9.17) is 15.2 Å². The number of amides is 1. The van der Waals surface area contributed by atoms with Crippen LogP contribution in [0.15, 0.2) is 47.6 Å². The fourth-order valence-electron chi connectivity index (χ4n) is 2.13. The van der Waals surface area contributed by atoms with Gasteiger partial charge in [0.15, 0.2) is 0 Å². The Hall–Kier alpha value is -3.02. The van der Waals surface area contributed by atoms with Crippen LogP contribution >= 0.6 is 0 Å². The van der Waals surface area contributed by atoms with E-state index < -0.39 is 0 Å². The van der Waals surface area contributed by atoms with Crippen molar-refractivity contribution in [3.05, 3.63) is 53.6 Å². The lowest BCUT2D eigenvalue weighted by Gasteiger charge is -2.11. The summed E-state index contributed by atoms with van der Waals surface area (Å²) >= 11 is 0. The van der Waals surface area contributed by atoms with Crippen molar-refractivity contribution in [3.63, 3.8) is 0 Å². The van der Waals surface area contributed by atoms with Gasteiger partial charge in [0.2, 0.25) is 0 Å². The van der Waals surface area contributed by atoms with Gasteiger partial charge in [-0.25, -0.2) is 5.43 Å². The summed E-state index contributed by atoms with van der Waals surface area (Å²) in [5.41, 5.74) is 9.98. The van der Waals surface area contributed by atoms with Crippen LogP contribution in [0.4, 0.5) is 5.69 Å². The van der Waals surface area contributed by atoms with E-state index in [0.717, 1.165) is 24.2 Å². The second-order valence-corrected chi connectivity index (χ2v) is 5.72. The first-order valence-corrected chi connectivity index (χ1v) is 8.72. The normalized spacial score (nSPS) is 10.7. The molecule has 0 aromatic heterocycles.